The highest BCUT2D eigenvalue weighted by Crippen LogP contribution is 2.29. The van der Waals surface area contributed by atoms with Gasteiger partial charge in [0.1, 0.15) is 5.02 Å². The van der Waals surface area contributed by atoms with E-state index in [1.807, 2.05) is 0 Å². The van der Waals surface area contributed by atoms with E-state index in [2.05, 4.69) is 10.6 Å². The Balaban J connectivity index is 2.02. The third-order valence-corrected chi connectivity index (χ3v) is 3.11. The van der Waals surface area contributed by atoms with Gasteiger partial charge in [-0.1, -0.05) is 11.6 Å². The third kappa shape index (κ3) is 3.62. The van der Waals surface area contributed by atoms with Crippen molar-refractivity contribution in [3.63, 3.8) is 0 Å². The number of nitro groups is 1. The van der Waals surface area contributed by atoms with E-state index in [-0.39, 0.29) is 27.6 Å². The van der Waals surface area contributed by atoms with Crippen LogP contribution in [0.2, 0.25) is 5.02 Å². The Morgan fingerprint density at radius 3 is 2.74 bits per heavy atom. The van der Waals surface area contributed by atoms with Crippen LogP contribution in [0.25, 0.3) is 0 Å². The standard InChI is InChI=1S/C11H10ClN3O3S/c12-8-4-3-7(5-9(8)15(17)18)13-11(19)14-10(16)6-1-2-6/h3-6H,1-2H2,(H2,13,14,16,19). The first-order valence-corrected chi connectivity index (χ1v) is 6.32. The van der Waals surface area contributed by atoms with E-state index in [1.165, 1.54) is 12.1 Å². The average molecular weight is 300 g/mol. The molecule has 0 saturated heterocycles. The van der Waals surface area contributed by atoms with Crippen molar-refractivity contribution in [3.8, 4) is 0 Å². The Morgan fingerprint density at radius 1 is 1.47 bits per heavy atom. The van der Waals surface area contributed by atoms with Gasteiger partial charge in [0.25, 0.3) is 5.69 Å². The maximum Gasteiger partial charge on any atom is 0.289 e. The second-order valence-corrected chi connectivity index (χ2v) is 4.96. The molecule has 1 aliphatic rings. The Kier molecular flexibility index (Phi) is 3.96. The molecule has 100 valence electrons. The number of nitrogens with one attached hydrogen (secondary N) is 2. The highest BCUT2D eigenvalue weighted by atomic mass is 35.5. The molecule has 8 heteroatoms. The number of carbonyl (C=O) groups excluding carboxylic acids is 1. The van der Waals surface area contributed by atoms with Crippen LogP contribution < -0.4 is 10.6 Å². The largest absolute Gasteiger partial charge is 0.332 e. The Morgan fingerprint density at radius 2 is 2.16 bits per heavy atom. The summed E-state index contributed by atoms with van der Waals surface area (Å²) >= 11 is 10.6. The second-order valence-electron chi connectivity index (χ2n) is 4.14. The van der Waals surface area contributed by atoms with Crippen LogP contribution in [0.15, 0.2) is 18.2 Å². The van der Waals surface area contributed by atoms with Crippen molar-refractivity contribution >= 4 is 46.2 Å². The molecule has 0 bridgehead atoms. The molecule has 0 heterocycles. The fourth-order valence-electron chi connectivity index (χ4n) is 1.45. The number of amides is 1. The molecule has 1 saturated carbocycles. The van der Waals surface area contributed by atoms with E-state index in [1.54, 1.807) is 6.07 Å². The van der Waals surface area contributed by atoms with Crippen molar-refractivity contribution in [2.24, 2.45) is 5.92 Å². The average Bonchev–Trinajstić information content (AvgIpc) is 3.15. The van der Waals surface area contributed by atoms with Crippen LogP contribution in [0.1, 0.15) is 12.8 Å². The van der Waals surface area contributed by atoms with Crippen LogP contribution in [-0.2, 0) is 4.79 Å². The molecule has 0 radical (unpaired) electrons. The van der Waals surface area contributed by atoms with Crippen molar-refractivity contribution < 1.29 is 9.72 Å². The van der Waals surface area contributed by atoms with E-state index >= 15 is 0 Å². The van der Waals surface area contributed by atoms with Gasteiger partial charge >= 0.3 is 0 Å². The monoisotopic (exact) mass is 299 g/mol. The lowest BCUT2D eigenvalue weighted by Gasteiger charge is -2.09. The number of carbonyl (C=O) groups is 1. The molecule has 1 fully saturated rings. The van der Waals surface area contributed by atoms with Gasteiger partial charge in [-0.25, -0.2) is 0 Å². The summed E-state index contributed by atoms with van der Waals surface area (Å²) in [5.41, 5.74) is 0.181. The van der Waals surface area contributed by atoms with Gasteiger partial charge in [-0.15, -0.1) is 0 Å². The van der Waals surface area contributed by atoms with Gasteiger partial charge in [0, 0.05) is 17.7 Å². The zero-order valence-corrected chi connectivity index (χ0v) is 11.3. The predicted molar refractivity (Wildman–Crippen MR) is 75.2 cm³/mol. The summed E-state index contributed by atoms with van der Waals surface area (Å²) in [6, 6.07) is 4.20. The highest BCUT2D eigenvalue weighted by Gasteiger charge is 2.30. The van der Waals surface area contributed by atoms with Crippen LogP contribution in [0, 0.1) is 16.0 Å². The Hall–Kier alpha value is -1.73. The van der Waals surface area contributed by atoms with Crippen LogP contribution in [0.5, 0.6) is 0 Å². The van der Waals surface area contributed by atoms with E-state index in [4.69, 9.17) is 23.8 Å². The van der Waals surface area contributed by atoms with Crippen LogP contribution in [-0.4, -0.2) is 15.9 Å². The number of benzene rings is 1. The molecule has 0 spiro atoms. The lowest BCUT2D eigenvalue weighted by atomic mass is 10.3. The van der Waals surface area contributed by atoms with Crippen molar-refractivity contribution in [2.75, 3.05) is 5.32 Å². The van der Waals surface area contributed by atoms with Crippen molar-refractivity contribution in [1.29, 1.82) is 0 Å². The number of nitro benzene ring substituents is 1. The zero-order chi connectivity index (χ0) is 14.0. The van der Waals surface area contributed by atoms with Gasteiger partial charge < -0.3 is 10.6 Å². The van der Waals surface area contributed by atoms with E-state index in [9.17, 15) is 14.9 Å². The zero-order valence-electron chi connectivity index (χ0n) is 9.68. The maximum atomic E-state index is 11.5. The molecule has 0 aliphatic heterocycles. The molecule has 6 nitrogen and oxygen atoms in total. The molecule has 19 heavy (non-hydrogen) atoms. The molecule has 0 atom stereocenters. The van der Waals surface area contributed by atoms with Gasteiger partial charge in [0.2, 0.25) is 5.91 Å². The fraction of sp³-hybridized carbons (Fsp3) is 0.273. The summed E-state index contributed by atoms with van der Waals surface area (Å²) in [7, 11) is 0. The number of thiocarbonyl (C=S) groups is 1. The summed E-state index contributed by atoms with van der Waals surface area (Å²) in [4.78, 5) is 21.6. The molecule has 1 aromatic rings. The lowest BCUT2D eigenvalue weighted by Crippen LogP contribution is -2.35. The van der Waals surface area contributed by atoms with Gasteiger partial charge in [-0.05, 0) is 37.2 Å². The van der Waals surface area contributed by atoms with Gasteiger partial charge in [0.05, 0.1) is 4.92 Å². The van der Waals surface area contributed by atoms with Crippen LogP contribution in [0.3, 0.4) is 0 Å². The normalized spacial score (nSPS) is 13.7. The highest BCUT2D eigenvalue weighted by molar-refractivity contribution is 7.80. The minimum absolute atomic E-state index is 0.0410. The molecule has 2 N–H and O–H groups in total. The quantitative estimate of drug-likeness (QED) is 0.509. The van der Waals surface area contributed by atoms with Crippen LogP contribution >= 0.6 is 23.8 Å². The molecule has 2 rings (SSSR count). The molecule has 0 unspecified atom stereocenters. The third-order valence-electron chi connectivity index (χ3n) is 2.59. The first kappa shape index (κ1) is 13.7. The fourth-order valence-corrected chi connectivity index (χ4v) is 1.86. The number of rotatable bonds is 3. The molecule has 1 aromatic carbocycles. The number of halogens is 1. The second kappa shape index (κ2) is 5.50. The molecular weight excluding hydrogens is 290 g/mol. The topological polar surface area (TPSA) is 84.3 Å². The first-order valence-electron chi connectivity index (χ1n) is 5.53. The van der Waals surface area contributed by atoms with Gasteiger partial charge in [-0.2, -0.15) is 0 Å². The summed E-state index contributed by atoms with van der Waals surface area (Å²) in [5.74, 6) is -0.0831. The molecule has 1 amide bonds. The summed E-state index contributed by atoms with van der Waals surface area (Å²) in [6.45, 7) is 0. The van der Waals surface area contributed by atoms with Crippen molar-refractivity contribution in [1.82, 2.24) is 5.32 Å². The SMILES string of the molecule is O=C(NC(=S)Nc1ccc(Cl)c([N+](=O)[O-])c1)C1CC1. The lowest BCUT2D eigenvalue weighted by molar-refractivity contribution is -0.384. The van der Waals surface area contributed by atoms with Crippen molar-refractivity contribution in [3.05, 3.63) is 33.3 Å². The summed E-state index contributed by atoms with van der Waals surface area (Å²) in [6.07, 6.45) is 1.75. The number of anilines is 1. The van der Waals surface area contributed by atoms with Crippen LogP contribution in [0.4, 0.5) is 11.4 Å². The van der Waals surface area contributed by atoms with Gasteiger partial charge in [-0.3, -0.25) is 14.9 Å². The number of hydrogen-bond donors (Lipinski definition) is 2. The number of hydrogen-bond acceptors (Lipinski definition) is 4. The molecular formula is C11H10ClN3O3S. The molecule has 0 aromatic heterocycles. The smallest absolute Gasteiger partial charge is 0.289 e. The maximum absolute atomic E-state index is 11.5. The van der Waals surface area contributed by atoms with Crippen molar-refractivity contribution in [2.45, 2.75) is 12.8 Å². The Bertz CT molecular complexity index is 560. The van der Waals surface area contributed by atoms with Gasteiger partial charge in [0.15, 0.2) is 5.11 Å². The molecule has 1 aliphatic carbocycles. The Labute approximate surface area is 119 Å². The predicted octanol–water partition coefficient (Wildman–Crippen LogP) is 2.47. The first-order chi connectivity index (χ1) is 8.97. The van der Waals surface area contributed by atoms with E-state index < -0.39 is 4.92 Å². The number of nitrogens with zero attached hydrogens (tertiary/aromatic N) is 1. The summed E-state index contributed by atoms with van der Waals surface area (Å²) in [5, 5.41) is 16.1. The minimum atomic E-state index is -0.584. The summed E-state index contributed by atoms with van der Waals surface area (Å²) < 4.78 is 0. The minimum Gasteiger partial charge on any atom is -0.332 e. The van der Waals surface area contributed by atoms with E-state index in [0.717, 1.165) is 12.8 Å². The van der Waals surface area contributed by atoms with E-state index in [0.29, 0.717) is 5.69 Å².